The fourth-order valence-corrected chi connectivity index (χ4v) is 2.02. The Morgan fingerprint density at radius 2 is 1.69 bits per heavy atom. The number of rotatable bonds is 3. The van der Waals surface area contributed by atoms with Crippen molar-refractivity contribution >= 4 is 0 Å². The molecule has 16 heavy (non-hydrogen) atoms. The van der Waals surface area contributed by atoms with E-state index in [2.05, 4.69) is 18.1 Å². The highest BCUT2D eigenvalue weighted by Crippen LogP contribution is 2.15. The molecule has 1 aromatic rings. The number of aromatic nitrogens is 2. The van der Waals surface area contributed by atoms with Crippen LogP contribution in [0.3, 0.4) is 0 Å². The van der Waals surface area contributed by atoms with Gasteiger partial charge in [0.25, 0.3) is 0 Å². The van der Waals surface area contributed by atoms with Crippen LogP contribution in [0.2, 0.25) is 0 Å². The minimum atomic E-state index is 1.12. The van der Waals surface area contributed by atoms with Gasteiger partial charge in [-0.05, 0) is 18.9 Å². The van der Waals surface area contributed by atoms with Crippen molar-refractivity contribution in [2.75, 3.05) is 0 Å². The average Bonchev–Trinajstić information content (AvgIpc) is 2.76. The van der Waals surface area contributed by atoms with Gasteiger partial charge in [-0.15, -0.1) is 0 Å². The molecule has 0 bridgehead atoms. The number of nitrogens with zero attached hydrogens (tertiary/aromatic N) is 2. The van der Waals surface area contributed by atoms with Crippen LogP contribution < -0.4 is 0 Å². The van der Waals surface area contributed by atoms with Crippen molar-refractivity contribution in [1.29, 1.82) is 0 Å². The molecule has 1 heterocycles. The number of hydrogen-bond acceptors (Lipinski definition) is 1. The Bertz CT molecular complexity index is 250. The van der Waals surface area contributed by atoms with Crippen molar-refractivity contribution in [3.8, 4) is 0 Å². The van der Waals surface area contributed by atoms with E-state index in [1.807, 2.05) is 17.9 Å². The van der Waals surface area contributed by atoms with E-state index in [-0.39, 0.29) is 0 Å². The van der Waals surface area contributed by atoms with Crippen LogP contribution >= 0.6 is 0 Å². The molecule has 0 unspecified atom stereocenters. The SMILES string of the molecule is C1CCCCC1.CCCCc1ccn(C)n1. The van der Waals surface area contributed by atoms with E-state index in [1.165, 1.54) is 57.1 Å². The Hall–Kier alpha value is -0.790. The van der Waals surface area contributed by atoms with Gasteiger partial charge in [0, 0.05) is 13.2 Å². The van der Waals surface area contributed by atoms with Gasteiger partial charge in [0.1, 0.15) is 0 Å². The predicted molar refractivity (Wildman–Crippen MR) is 69.5 cm³/mol. The van der Waals surface area contributed by atoms with Crippen LogP contribution in [0.1, 0.15) is 64.0 Å². The molecule has 0 radical (unpaired) electrons. The number of unbranched alkanes of at least 4 members (excludes halogenated alkanes) is 1. The molecule has 0 aromatic carbocycles. The van der Waals surface area contributed by atoms with Crippen LogP contribution in [-0.2, 0) is 13.5 Å². The van der Waals surface area contributed by atoms with Crippen LogP contribution in [0, 0.1) is 0 Å². The van der Waals surface area contributed by atoms with Gasteiger partial charge in [-0.2, -0.15) is 5.10 Å². The molecule has 1 aliphatic rings. The lowest BCUT2D eigenvalue weighted by atomic mass is 10.0. The lowest BCUT2D eigenvalue weighted by Gasteiger charge is -2.05. The first kappa shape index (κ1) is 13.3. The third-order valence-electron chi connectivity index (χ3n) is 3.06. The molecule has 1 saturated carbocycles. The standard InChI is InChI=1S/C8H14N2.C6H12/c1-3-4-5-8-6-7-10(2)9-8;1-2-4-6-5-3-1/h6-7H,3-5H2,1-2H3;1-6H2. The maximum atomic E-state index is 4.26. The van der Waals surface area contributed by atoms with Crippen molar-refractivity contribution in [3.05, 3.63) is 18.0 Å². The minimum absolute atomic E-state index is 1.12. The topological polar surface area (TPSA) is 17.8 Å². The zero-order chi connectivity index (χ0) is 11.6. The Kier molecular flexibility index (Phi) is 6.95. The molecule has 0 amide bonds. The molecule has 0 saturated heterocycles. The van der Waals surface area contributed by atoms with Crippen molar-refractivity contribution < 1.29 is 0 Å². The Labute approximate surface area is 100 Å². The lowest BCUT2D eigenvalue weighted by molar-refractivity contribution is 0.504. The molecular formula is C14H26N2. The van der Waals surface area contributed by atoms with Gasteiger partial charge >= 0.3 is 0 Å². The summed E-state index contributed by atoms with van der Waals surface area (Å²) in [5.41, 5.74) is 1.21. The zero-order valence-corrected chi connectivity index (χ0v) is 10.9. The first-order valence-corrected chi connectivity index (χ1v) is 6.81. The summed E-state index contributed by atoms with van der Waals surface area (Å²) in [4.78, 5) is 0. The summed E-state index contributed by atoms with van der Waals surface area (Å²) in [6.07, 6.45) is 14.6. The largest absolute Gasteiger partial charge is 0.276 e. The molecule has 2 nitrogen and oxygen atoms in total. The monoisotopic (exact) mass is 222 g/mol. The quantitative estimate of drug-likeness (QED) is 0.752. The van der Waals surface area contributed by atoms with E-state index < -0.39 is 0 Å². The Morgan fingerprint density at radius 3 is 2.06 bits per heavy atom. The molecule has 0 aliphatic heterocycles. The molecular weight excluding hydrogens is 196 g/mol. The molecule has 1 aromatic heterocycles. The average molecular weight is 222 g/mol. The highest BCUT2D eigenvalue weighted by Gasteiger charge is 1.95. The number of hydrogen-bond donors (Lipinski definition) is 0. The van der Waals surface area contributed by atoms with Gasteiger partial charge < -0.3 is 0 Å². The molecule has 92 valence electrons. The van der Waals surface area contributed by atoms with Crippen LogP contribution in [0.4, 0.5) is 0 Å². The van der Waals surface area contributed by atoms with Crippen LogP contribution in [0.25, 0.3) is 0 Å². The molecule has 0 atom stereocenters. The third kappa shape index (κ3) is 5.94. The van der Waals surface area contributed by atoms with E-state index in [1.54, 1.807) is 0 Å². The highest BCUT2D eigenvalue weighted by atomic mass is 15.2. The first-order valence-electron chi connectivity index (χ1n) is 6.81. The zero-order valence-electron chi connectivity index (χ0n) is 10.9. The molecule has 1 aliphatic carbocycles. The Balaban J connectivity index is 0.000000181. The summed E-state index contributed by atoms with van der Waals surface area (Å²) in [6.45, 7) is 2.20. The van der Waals surface area contributed by atoms with Crippen molar-refractivity contribution in [2.24, 2.45) is 7.05 Å². The van der Waals surface area contributed by atoms with E-state index in [0.29, 0.717) is 0 Å². The van der Waals surface area contributed by atoms with E-state index >= 15 is 0 Å². The lowest BCUT2D eigenvalue weighted by Crippen LogP contribution is -1.90. The fourth-order valence-electron chi connectivity index (χ4n) is 2.02. The summed E-state index contributed by atoms with van der Waals surface area (Å²) >= 11 is 0. The minimum Gasteiger partial charge on any atom is -0.276 e. The second kappa shape index (κ2) is 8.37. The van der Waals surface area contributed by atoms with Gasteiger partial charge in [0.15, 0.2) is 0 Å². The summed E-state index contributed by atoms with van der Waals surface area (Å²) < 4.78 is 1.85. The summed E-state index contributed by atoms with van der Waals surface area (Å²) in [6, 6.07) is 2.08. The summed E-state index contributed by atoms with van der Waals surface area (Å²) in [5.74, 6) is 0. The van der Waals surface area contributed by atoms with Crippen molar-refractivity contribution in [3.63, 3.8) is 0 Å². The number of aryl methyl sites for hydroxylation is 2. The molecule has 1 fully saturated rings. The van der Waals surface area contributed by atoms with E-state index in [0.717, 1.165) is 6.42 Å². The summed E-state index contributed by atoms with van der Waals surface area (Å²) in [5, 5.41) is 4.26. The van der Waals surface area contributed by atoms with E-state index in [4.69, 9.17) is 0 Å². The molecule has 2 heteroatoms. The normalized spacial score (nSPS) is 15.4. The smallest absolute Gasteiger partial charge is 0.0624 e. The summed E-state index contributed by atoms with van der Waals surface area (Å²) in [7, 11) is 1.95. The first-order chi connectivity index (χ1) is 7.83. The van der Waals surface area contributed by atoms with Gasteiger partial charge in [-0.25, -0.2) is 0 Å². The van der Waals surface area contributed by atoms with Gasteiger partial charge in [0.05, 0.1) is 5.69 Å². The van der Waals surface area contributed by atoms with Gasteiger partial charge in [0.2, 0.25) is 0 Å². The van der Waals surface area contributed by atoms with Crippen molar-refractivity contribution in [1.82, 2.24) is 9.78 Å². The second-order valence-electron chi connectivity index (χ2n) is 4.71. The molecule has 2 rings (SSSR count). The van der Waals surface area contributed by atoms with E-state index in [9.17, 15) is 0 Å². The molecule has 0 spiro atoms. The van der Waals surface area contributed by atoms with Gasteiger partial charge in [-0.1, -0.05) is 51.9 Å². The van der Waals surface area contributed by atoms with Crippen LogP contribution in [-0.4, -0.2) is 9.78 Å². The highest BCUT2D eigenvalue weighted by molar-refractivity contribution is 4.98. The van der Waals surface area contributed by atoms with Gasteiger partial charge in [-0.3, -0.25) is 4.68 Å². The molecule has 0 N–H and O–H groups in total. The fraction of sp³-hybridized carbons (Fsp3) is 0.786. The van der Waals surface area contributed by atoms with Crippen LogP contribution in [0.5, 0.6) is 0 Å². The van der Waals surface area contributed by atoms with Crippen LogP contribution in [0.15, 0.2) is 12.3 Å². The Morgan fingerprint density at radius 1 is 1.12 bits per heavy atom. The van der Waals surface area contributed by atoms with Crippen molar-refractivity contribution in [2.45, 2.75) is 64.7 Å². The maximum Gasteiger partial charge on any atom is 0.0624 e. The predicted octanol–water partition coefficient (Wildman–Crippen LogP) is 4.10. The third-order valence-corrected chi connectivity index (χ3v) is 3.06. The maximum absolute atomic E-state index is 4.26. The second-order valence-corrected chi connectivity index (χ2v) is 4.71.